The third kappa shape index (κ3) is 6.18. The number of benzene rings is 3. The molecule has 0 aliphatic carbocycles. The van der Waals surface area contributed by atoms with Crippen LogP contribution in [-0.2, 0) is 6.42 Å². The highest BCUT2D eigenvalue weighted by molar-refractivity contribution is 6.88. The van der Waals surface area contributed by atoms with Crippen LogP contribution in [0.2, 0.25) is 19.6 Å². The number of carbonyl (C=O) groups is 1. The monoisotopic (exact) mass is 535 g/mol. The zero-order valence-corrected chi connectivity index (χ0v) is 23.7. The highest BCUT2D eigenvalue weighted by atomic mass is 28.3. The fourth-order valence-electron chi connectivity index (χ4n) is 4.32. The van der Waals surface area contributed by atoms with Crippen molar-refractivity contribution in [2.45, 2.75) is 33.0 Å². The predicted octanol–water partition coefficient (Wildman–Crippen LogP) is 6.54. The van der Waals surface area contributed by atoms with Gasteiger partial charge in [0.05, 0.1) is 18.0 Å². The molecular weight excluding hydrogens is 502 g/mol. The number of nitrogens with one attached hydrogen (secondary N) is 2. The highest BCUT2D eigenvalue weighted by Crippen LogP contribution is 2.32. The van der Waals surface area contributed by atoms with Gasteiger partial charge in [-0.05, 0) is 55.0 Å². The molecular formula is C31H33N5O2Si. The van der Waals surface area contributed by atoms with Crippen LogP contribution in [0.5, 0.6) is 5.75 Å². The molecule has 0 bridgehead atoms. The third-order valence-electron chi connectivity index (χ3n) is 6.53. The summed E-state index contributed by atoms with van der Waals surface area (Å²) < 4.78 is 7.94. The lowest BCUT2D eigenvalue weighted by molar-refractivity contribution is 0.262. The summed E-state index contributed by atoms with van der Waals surface area (Å²) in [6.07, 6.45) is 4.36. The van der Waals surface area contributed by atoms with E-state index in [4.69, 9.17) is 9.84 Å². The number of hydrogen-bond donors (Lipinski definition) is 2. The number of nitrogens with zero attached hydrogens (tertiary/aromatic N) is 3. The van der Waals surface area contributed by atoms with Crippen molar-refractivity contribution in [1.29, 1.82) is 0 Å². The predicted molar refractivity (Wildman–Crippen MR) is 161 cm³/mol. The number of pyridine rings is 1. The number of carbonyl (C=O) groups excluding carboxylic acids is 1. The van der Waals surface area contributed by atoms with Crippen LogP contribution in [0.4, 0.5) is 16.3 Å². The van der Waals surface area contributed by atoms with E-state index < -0.39 is 8.07 Å². The van der Waals surface area contributed by atoms with E-state index in [1.165, 1.54) is 11.1 Å². The quantitative estimate of drug-likeness (QED) is 0.221. The normalized spacial score (nSPS) is 11.4. The van der Waals surface area contributed by atoms with E-state index in [1.54, 1.807) is 12.4 Å². The van der Waals surface area contributed by atoms with Gasteiger partial charge in [-0.2, -0.15) is 5.10 Å². The lowest BCUT2D eigenvalue weighted by Crippen LogP contribution is -2.39. The van der Waals surface area contributed by atoms with Crippen LogP contribution < -0.4 is 20.7 Å². The maximum absolute atomic E-state index is 13.2. The fourth-order valence-corrected chi connectivity index (χ4v) is 5.29. The first kappa shape index (κ1) is 26.2. The van der Waals surface area contributed by atoms with E-state index in [0.717, 1.165) is 33.9 Å². The minimum Gasteiger partial charge on any atom is -0.493 e. The molecule has 198 valence electrons. The van der Waals surface area contributed by atoms with Crippen LogP contribution in [0, 0.1) is 6.92 Å². The van der Waals surface area contributed by atoms with Crippen molar-refractivity contribution in [3.8, 4) is 11.4 Å². The van der Waals surface area contributed by atoms with Gasteiger partial charge < -0.3 is 10.1 Å². The Labute approximate surface area is 229 Å². The van der Waals surface area contributed by atoms with E-state index in [9.17, 15) is 4.79 Å². The standard InChI is InChI=1S/C31H33N5O2Si/c1-22-9-11-24(12-10-22)36-29(21-30(35-36)39(2,3)4)34-31(37)33-27-13-14-28(26-8-6-5-7-25(26)27)38-20-17-23-15-18-32-19-16-23/h5-16,18-19,21H,17,20H2,1-4H3,(H2,33,34,37). The van der Waals surface area contributed by atoms with Gasteiger partial charge in [0.15, 0.2) is 0 Å². The van der Waals surface area contributed by atoms with Crippen molar-refractivity contribution in [2.75, 3.05) is 17.2 Å². The van der Waals surface area contributed by atoms with Crippen molar-refractivity contribution in [3.05, 3.63) is 102 Å². The van der Waals surface area contributed by atoms with Gasteiger partial charge in [0, 0.05) is 34.9 Å². The number of anilines is 2. The minimum atomic E-state index is -1.71. The molecule has 0 unspecified atom stereocenters. The van der Waals surface area contributed by atoms with E-state index >= 15 is 0 Å². The smallest absolute Gasteiger partial charge is 0.324 e. The highest BCUT2D eigenvalue weighted by Gasteiger charge is 2.23. The molecule has 7 nitrogen and oxygen atoms in total. The summed E-state index contributed by atoms with van der Waals surface area (Å²) in [5.74, 6) is 1.41. The number of amides is 2. The third-order valence-corrected chi connectivity index (χ3v) is 8.31. The van der Waals surface area contributed by atoms with Crippen molar-refractivity contribution in [3.63, 3.8) is 0 Å². The largest absolute Gasteiger partial charge is 0.493 e. The van der Waals surface area contributed by atoms with Crippen LogP contribution in [0.3, 0.4) is 0 Å². The minimum absolute atomic E-state index is 0.332. The Bertz CT molecular complexity index is 1590. The van der Waals surface area contributed by atoms with Crippen molar-refractivity contribution in [2.24, 2.45) is 0 Å². The maximum Gasteiger partial charge on any atom is 0.324 e. The summed E-state index contributed by atoms with van der Waals surface area (Å²) >= 11 is 0. The summed E-state index contributed by atoms with van der Waals surface area (Å²) in [7, 11) is -1.71. The van der Waals surface area contributed by atoms with E-state index in [-0.39, 0.29) is 6.03 Å². The molecule has 0 radical (unpaired) electrons. The van der Waals surface area contributed by atoms with Gasteiger partial charge in [0.2, 0.25) is 0 Å². The molecule has 2 aromatic heterocycles. The molecule has 0 spiro atoms. The van der Waals surface area contributed by atoms with Crippen LogP contribution in [-0.4, -0.2) is 35.5 Å². The van der Waals surface area contributed by atoms with Gasteiger partial charge in [-0.25, -0.2) is 9.48 Å². The van der Waals surface area contributed by atoms with Gasteiger partial charge in [-0.3, -0.25) is 10.3 Å². The number of aryl methyl sites for hydroxylation is 1. The number of hydrogen-bond acceptors (Lipinski definition) is 4. The van der Waals surface area contributed by atoms with Crippen molar-refractivity contribution < 1.29 is 9.53 Å². The van der Waals surface area contributed by atoms with Crippen LogP contribution in [0.15, 0.2) is 91.3 Å². The molecule has 0 aliphatic heterocycles. The number of rotatable bonds is 8. The topological polar surface area (TPSA) is 81.1 Å². The van der Waals surface area contributed by atoms with Gasteiger partial charge in [0.1, 0.15) is 19.6 Å². The molecule has 2 heterocycles. The number of fused-ring (bicyclic) bond motifs is 1. The average Bonchev–Trinajstić information content (AvgIpc) is 3.35. The van der Waals surface area contributed by atoms with E-state index in [0.29, 0.717) is 18.1 Å². The molecule has 2 N–H and O–H groups in total. The molecule has 39 heavy (non-hydrogen) atoms. The summed E-state index contributed by atoms with van der Waals surface area (Å²) in [5.41, 5.74) is 3.95. The van der Waals surface area contributed by atoms with Gasteiger partial charge in [-0.15, -0.1) is 0 Å². The maximum atomic E-state index is 13.2. The van der Waals surface area contributed by atoms with Crippen LogP contribution in [0.25, 0.3) is 16.5 Å². The molecule has 0 atom stereocenters. The summed E-state index contributed by atoms with van der Waals surface area (Å²) in [4.78, 5) is 17.3. The lowest BCUT2D eigenvalue weighted by Gasteiger charge is -2.14. The first-order valence-corrected chi connectivity index (χ1v) is 16.6. The first-order chi connectivity index (χ1) is 18.8. The Morgan fingerprint density at radius 3 is 2.33 bits per heavy atom. The number of ether oxygens (including phenoxy) is 1. The Morgan fingerprint density at radius 2 is 1.62 bits per heavy atom. The molecule has 8 heteroatoms. The lowest BCUT2D eigenvalue weighted by atomic mass is 10.1. The molecule has 0 saturated carbocycles. The summed E-state index contributed by atoms with van der Waals surface area (Å²) in [5, 5.41) is 13.8. The zero-order valence-electron chi connectivity index (χ0n) is 22.7. The van der Waals surface area contributed by atoms with E-state index in [2.05, 4.69) is 42.2 Å². The molecule has 5 aromatic rings. The first-order valence-electron chi connectivity index (χ1n) is 13.1. The van der Waals surface area contributed by atoms with Gasteiger partial charge >= 0.3 is 6.03 Å². The van der Waals surface area contributed by atoms with Gasteiger partial charge in [0.25, 0.3) is 0 Å². The molecule has 0 saturated heterocycles. The molecule has 2 amide bonds. The Balaban J connectivity index is 1.36. The summed E-state index contributed by atoms with van der Waals surface area (Å²) in [6.45, 7) is 9.32. The molecule has 3 aromatic carbocycles. The second-order valence-corrected chi connectivity index (χ2v) is 15.6. The second kappa shape index (κ2) is 11.1. The van der Waals surface area contributed by atoms with Crippen molar-refractivity contribution in [1.82, 2.24) is 14.8 Å². The number of urea groups is 1. The molecule has 0 aliphatic rings. The summed E-state index contributed by atoms with van der Waals surface area (Å²) in [6, 6.07) is 25.5. The zero-order chi connectivity index (χ0) is 27.4. The van der Waals surface area contributed by atoms with Crippen LogP contribution >= 0.6 is 0 Å². The molecule has 5 rings (SSSR count). The molecule has 0 fully saturated rings. The average molecular weight is 536 g/mol. The Morgan fingerprint density at radius 1 is 0.897 bits per heavy atom. The number of aromatic nitrogens is 3. The van der Waals surface area contributed by atoms with Crippen molar-refractivity contribution >= 4 is 41.7 Å². The Kier molecular flexibility index (Phi) is 7.47. The van der Waals surface area contributed by atoms with Gasteiger partial charge in [-0.1, -0.05) is 61.6 Å². The Hall–Kier alpha value is -4.43. The van der Waals surface area contributed by atoms with Crippen LogP contribution in [0.1, 0.15) is 11.1 Å². The van der Waals surface area contributed by atoms with E-state index in [1.807, 2.05) is 83.5 Å². The second-order valence-electron chi connectivity index (χ2n) is 10.6. The SMILES string of the molecule is Cc1ccc(-n2nc([Si](C)(C)C)cc2NC(=O)Nc2ccc(OCCc3ccncc3)c3ccccc23)cc1. The fraction of sp³-hybridized carbons (Fsp3) is 0.194.